The Labute approximate surface area is 175 Å². The van der Waals surface area contributed by atoms with E-state index >= 15 is 0 Å². The van der Waals surface area contributed by atoms with Crippen LogP contribution in [0, 0.1) is 13.8 Å². The van der Waals surface area contributed by atoms with Gasteiger partial charge >= 0.3 is 0 Å². The average molecular weight is 401 g/mol. The van der Waals surface area contributed by atoms with Crippen LogP contribution >= 0.6 is 23.2 Å². The molecule has 0 atom stereocenters. The Hall–Kier alpha value is -2.54. The number of rotatable bonds is 2. The lowest BCUT2D eigenvalue weighted by Gasteiger charge is -2.16. The molecule has 28 heavy (non-hydrogen) atoms. The third-order valence-electron chi connectivity index (χ3n) is 5.77. The minimum absolute atomic E-state index is 0.787. The highest BCUT2D eigenvalue weighted by molar-refractivity contribution is 6.33. The van der Waals surface area contributed by atoms with E-state index in [0.29, 0.717) is 0 Å². The van der Waals surface area contributed by atoms with Crippen molar-refractivity contribution in [2.24, 2.45) is 0 Å². The maximum atomic E-state index is 6.51. The second kappa shape index (κ2) is 6.51. The predicted molar refractivity (Wildman–Crippen MR) is 121 cm³/mol. The molecule has 0 radical (unpaired) electrons. The zero-order chi connectivity index (χ0) is 19.4. The van der Waals surface area contributed by atoms with Gasteiger partial charge in [0.15, 0.2) is 0 Å². The first-order valence-corrected chi connectivity index (χ1v) is 10.1. The van der Waals surface area contributed by atoms with Crippen LogP contribution in [0.4, 0.5) is 0 Å². The van der Waals surface area contributed by atoms with Gasteiger partial charge in [0.1, 0.15) is 0 Å². The van der Waals surface area contributed by atoms with Crippen LogP contribution < -0.4 is 0 Å². The topological polar surface area (TPSA) is 0 Å². The molecule has 4 aromatic carbocycles. The molecule has 5 rings (SSSR count). The van der Waals surface area contributed by atoms with Crippen molar-refractivity contribution in [1.29, 1.82) is 0 Å². The van der Waals surface area contributed by atoms with Gasteiger partial charge < -0.3 is 0 Å². The fourth-order valence-corrected chi connectivity index (χ4v) is 4.69. The molecule has 0 unspecified atom stereocenters. The standard InChI is InChI=1S/C26H18Cl2/c1-15-18(9-5-13-22(15)27)25-20-11-3-7-17-8-4-12-21(24(17)20)26(25)19-10-6-14-23(28)16(19)2/h3-14H,1-2H3. The Morgan fingerprint density at radius 3 is 1.36 bits per heavy atom. The summed E-state index contributed by atoms with van der Waals surface area (Å²) in [6.07, 6.45) is 0. The second-order valence-corrected chi connectivity index (χ2v) is 8.10. The summed E-state index contributed by atoms with van der Waals surface area (Å²) in [7, 11) is 0. The monoisotopic (exact) mass is 400 g/mol. The molecule has 0 nitrogen and oxygen atoms in total. The molecule has 0 bridgehead atoms. The Morgan fingerprint density at radius 2 is 0.893 bits per heavy atom. The Morgan fingerprint density at radius 1 is 0.500 bits per heavy atom. The van der Waals surface area contributed by atoms with Crippen LogP contribution in [0.15, 0.2) is 72.8 Å². The first-order valence-electron chi connectivity index (χ1n) is 9.35. The first-order chi connectivity index (χ1) is 13.6. The van der Waals surface area contributed by atoms with Gasteiger partial charge in [0.2, 0.25) is 0 Å². The average Bonchev–Trinajstić information content (AvgIpc) is 3.03. The summed E-state index contributed by atoms with van der Waals surface area (Å²) in [4.78, 5) is 0. The zero-order valence-corrected chi connectivity index (χ0v) is 17.2. The third-order valence-corrected chi connectivity index (χ3v) is 6.59. The summed E-state index contributed by atoms with van der Waals surface area (Å²) in [6.45, 7) is 4.19. The highest BCUT2D eigenvalue weighted by Crippen LogP contribution is 2.49. The Bertz CT molecular complexity index is 1200. The van der Waals surface area contributed by atoms with Crippen molar-refractivity contribution >= 4 is 45.1 Å². The van der Waals surface area contributed by atoms with E-state index in [-0.39, 0.29) is 0 Å². The Kier molecular flexibility index (Phi) is 4.08. The molecule has 0 N–H and O–H groups in total. The van der Waals surface area contributed by atoms with E-state index < -0.39 is 0 Å². The van der Waals surface area contributed by atoms with Gasteiger partial charge in [0.25, 0.3) is 0 Å². The van der Waals surface area contributed by atoms with Gasteiger partial charge in [-0.15, -0.1) is 0 Å². The zero-order valence-electron chi connectivity index (χ0n) is 15.7. The lowest BCUT2D eigenvalue weighted by molar-refractivity contribution is 1.40. The molecule has 0 spiro atoms. The van der Waals surface area contributed by atoms with Gasteiger partial charge in [0.05, 0.1) is 0 Å². The van der Waals surface area contributed by atoms with Crippen molar-refractivity contribution in [1.82, 2.24) is 0 Å². The van der Waals surface area contributed by atoms with E-state index in [2.05, 4.69) is 62.4 Å². The van der Waals surface area contributed by atoms with Crippen molar-refractivity contribution in [2.75, 3.05) is 0 Å². The van der Waals surface area contributed by atoms with Crippen LogP contribution in [-0.4, -0.2) is 0 Å². The van der Waals surface area contributed by atoms with Crippen molar-refractivity contribution in [3.05, 3.63) is 116 Å². The maximum Gasteiger partial charge on any atom is 0.0441 e. The van der Waals surface area contributed by atoms with Gasteiger partial charge in [0, 0.05) is 10.0 Å². The molecule has 0 aromatic heterocycles. The number of halogens is 2. The molecule has 1 aliphatic carbocycles. The molecule has 1 aliphatic rings. The number of benzene rings is 4. The third kappa shape index (κ3) is 2.45. The van der Waals surface area contributed by atoms with Gasteiger partial charge in [-0.25, -0.2) is 0 Å². The van der Waals surface area contributed by atoms with Gasteiger partial charge in [-0.05, 0) is 81.3 Å². The molecular weight excluding hydrogens is 383 g/mol. The van der Waals surface area contributed by atoms with E-state index in [4.69, 9.17) is 23.2 Å². The SMILES string of the molecule is Cc1c(Cl)cccc1C1=C(c2cccc(Cl)c2C)c2cccc3cccc1c23. The number of hydrogen-bond donors (Lipinski definition) is 0. The van der Waals surface area contributed by atoms with E-state index in [1.165, 1.54) is 44.2 Å². The van der Waals surface area contributed by atoms with Crippen LogP contribution in [0.25, 0.3) is 21.9 Å². The normalized spacial score (nSPS) is 12.9. The summed E-state index contributed by atoms with van der Waals surface area (Å²) in [6, 6.07) is 25.4. The summed E-state index contributed by atoms with van der Waals surface area (Å²) in [5.41, 5.74) is 9.52. The van der Waals surface area contributed by atoms with E-state index in [1.807, 2.05) is 24.3 Å². The smallest absolute Gasteiger partial charge is 0.0441 e. The summed E-state index contributed by atoms with van der Waals surface area (Å²) >= 11 is 13.0. The molecule has 0 saturated heterocycles. The highest BCUT2D eigenvalue weighted by Gasteiger charge is 2.28. The molecule has 4 aromatic rings. The van der Waals surface area contributed by atoms with Crippen LogP contribution in [0.5, 0.6) is 0 Å². The van der Waals surface area contributed by atoms with E-state index in [0.717, 1.165) is 21.2 Å². The van der Waals surface area contributed by atoms with Gasteiger partial charge in [-0.1, -0.05) is 83.9 Å². The van der Waals surface area contributed by atoms with E-state index in [9.17, 15) is 0 Å². The molecule has 0 fully saturated rings. The fourth-order valence-electron chi connectivity index (χ4n) is 4.34. The van der Waals surface area contributed by atoms with Crippen LogP contribution in [-0.2, 0) is 0 Å². The lowest BCUT2D eigenvalue weighted by Crippen LogP contribution is -1.96. The summed E-state index contributed by atoms with van der Waals surface area (Å²) < 4.78 is 0. The minimum Gasteiger partial charge on any atom is -0.0840 e. The largest absolute Gasteiger partial charge is 0.0840 e. The molecule has 2 heteroatoms. The van der Waals surface area contributed by atoms with E-state index in [1.54, 1.807) is 0 Å². The van der Waals surface area contributed by atoms with Crippen molar-refractivity contribution in [3.8, 4) is 0 Å². The van der Waals surface area contributed by atoms with Gasteiger partial charge in [-0.3, -0.25) is 0 Å². The van der Waals surface area contributed by atoms with Crippen LogP contribution in [0.2, 0.25) is 10.0 Å². The van der Waals surface area contributed by atoms with Crippen molar-refractivity contribution in [3.63, 3.8) is 0 Å². The maximum absolute atomic E-state index is 6.51. The van der Waals surface area contributed by atoms with Gasteiger partial charge in [-0.2, -0.15) is 0 Å². The molecule has 0 aliphatic heterocycles. The highest BCUT2D eigenvalue weighted by atomic mass is 35.5. The molecule has 136 valence electrons. The fraction of sp³-hybridized carbons (Fsp3) is 0.0769. The van der Waals surface area contributed by atoms with Crippen LogP contribution in [0.3, 0.4) is 0 Å². The van der Waals surface area contributed by atoms with Crippen molar-refractivity contribution < 1.29 is 0 Å². The summed E-state index contributed by atoms with van der Waals surface area (Å²) in [5.74, 6) is 0. The molecule has 0 amide bonds. The molecule has 0 heterocycles. The van der Waals surface area contributed by atoms with Crippen molar-refractivity contribution in [2.45, 2.75) is 13.8 Å². The minimum atomic E-state index is 0.787. The molecular formula is C26H18Cl2. The van der Waals surface area contributed by atoms with Crippen LogP contribution in [0.1, 0.15) is 33.4 Å². The second-order valence-electron chi connectivity index (χ2n) is 7.28. The first kappa shape index (κ1) is 17.6. The predicted octanol–water partition coefficient (Wildman–Crippen LogP) is 8.08. The quantitative estimate of drug-likeness (QED) is 0.280. The molecule has 0 saturated carbocycles. The lowest BCUT2D eigenvalue weighted by atomic mass is 9.89. The number of hydrogen-bond acceptors (Lipinski definition) is 0. The Balaban J connectivity index is 1.97. The summed E-state index contributed by atoms with van der Waals surface area (Å²) in [5, 5.41) is 4.13.